The molecule has 0 heterocycles. The van der Waals surface area contributed by atoms with E-state index in [1.54, 1.807) is 0 Å². The average molecular weight is 429 g/mol. The molecule has 0 saturated heterocycles. The van der Waals surface area contributed by atoms with Crippen LogP contribution in [0.2, 0.25) is 0 Å². The molecule has 1 saturated carbocycles. The number of fused-ring (bicyclic) bond motifs is 1. The number of rotatable bonds is 5. The second-order valence-electron chi connectivity index (χ2n) is 7.94. The molecule has 144 valence electrons. The van der Waals surface area contributed by atoms with E-state index in [4.69, 9.17) is 9.47 Å². The lowest BCUT2D eigenvalue weighted by molar-refractivity contribution is -0.204. The first-order valence-corrected chi connectivity index (χ1v) is 10.1. The first-order valence-electron chi connectivity index (χ1n) is 9.31. The summed E-state index contributed by atoms with van der Waals surface area (Å²) < 4.78 is 37.5. The Bertz CT molecular complexity index is 664. The molecule has 2 aliphatic rings. The van der Waals surface area contributed by atoms with E-state index in [1.807, 2.05) is 20.8 Å². The van der Waals surface area contributed by atoms with Gasteiger partial charge in [-0.1, -0.05) is 42.4 Å². The van der Waals surface area contributed by atoms with Crippen molar-refractivity contribution < 1.29 is 18.3 Å². The summed E-state index contributed by atoms with van der Waals surface area (Å²) >= 11 is 3.58. The molecule has 0 radical (unpaired) electrons. The van der Waals surface area contributed by atoms with Crippen molar-refractivity contribution in [2.75, 3.05) is 6.61 Å². The molecule has 0 N–H and O–H groups in total. The monoisotopic (exact) mass is 428 g/mol. The summed E-state index contributed by atoms with van der Waals surface area (Å²) in [6.45, 7) is 8.12. The topological polar surface area (TPSA) is 18.5 Å². The van der Waals surface area contributed by atoms with Crippen LogP contribution in [0.25, 0.3) is 0 Å². The molecule has 3 rings (SSSR count). The Kier molecular flexibility index (Phi) is 5.78. The van der Waals surface area contributed by atoms with E-state index in [1.165, 1.54) is 11.1 Å². The number of hydrogen-bond acceptors (Lipinski definition) is 2. The Balaban J connectivity index is 1.96. The van der Waals surface area contributed by atoms with Gasteiger partial charge in [0.25, 0.3) is 0 Å². The van der Waals surface area contributed by atoms with Gasteiger partial charge in [-0.15, -0.1) is 0 Å². The van der Waals surface area contributed by atoms with E-state index in [9.17, 15) is 8.78 Å². The molecular weight excluding hydrogens is 402 g/mol. The van der Waals surface area contributed by atoms with Gasteiger partial charge in [-0.2, -0.15) is 8.78 Å². The lowest BCUT2D eigenvalue weighted by Crippen LogP contribution is -2.45. The maximum absolute atomic E-state index is 12.8. The highest BCUT2D eigenvalue weighted by molar-refractivity contribution is 9.10. The Labute approximate surface area is 163 Å². The number of ether oxygens (including phenoxy) is 2. The Morgan fingerprint density at radius 3 is 2.54 bits per heavy atom. The Hall–Kier alpha value is -0.940. The van der Waals surface area contributed by atoms with E-state index >= 15 is 0 Å². The smallest absolute Gasteiger partial charge is 0.345 e. The molecule has 1 aromatic carbocycles. The minimum atomic E-state index is -2.72. The van der Waals surface area contributed by atoms with Crippen LogP contribution in [0.5, 0.6) is 0 Å². The van der Waals surface area contributed by atoms with Crippen molar-refractivity contribution >= 4 is 15.9 Å². The van der Waals surface area contributed by atoms with Crippen molar-refractivity contribution in [3.05, 3.63) is 46.1 Å². The summed E-state index contributed by atoms with van der Waals surface area (Å²) in [5.41, 5.74) is 2.52. The third kappa shape index (κ3) is 3.57. The molecule has 1 aromatic rings. The standard InChI is InChI=1S/C21H27BrF2O2/c1-5-25-14(4)18-17-8-16(22)7-6-15(17)11-21(18)9-12(2)19(13(3)10-21)26-20(23)24/h6-8,12-13,18-20H,4-5,9-11H2,1-3H3. The molecule has 1 fully saturated rings. The highest BCUT2D eigenvalue weighted by atomic mass is 79.9. The predicted molar refractivity (Wildman–Crippen MR) is 102 cm³/mol. The zero-order valence-electron chi connectivity index (χ0n) is 15.6. The fourth-order valence-corrected chi connectivity index (χ4v) is 5.90. The van der Waals surface area contributed by atoms with Crippen molar-refractivity contribution in [1.82, 2.24) is 0 Å². The second-order valence-corrected chi connectivity index (χ2v) is 8.85. The molecule has 1 spiro atoms. The lowest BCUT2D eigenvalue weighted by atomic mass is 9.59. The van der Waals surface area contributed by atoms with Gasteiger partial charge >= 0.3 is 6.61 Å². The van der Waals surface area contributed by atoms with Gasteiger partial charge in [0.1, 0.15) is 0 Å². The van der Waals surface area contributed by atoms with Crippen LogP contribution in [-0.2, 0) is 15.9 Å². The van der Waals surface area contributed by atoms with Gasteiger partial charge in [-0.05, 0) is 66.7 Å². The third-order valence-electron chi connectivity index (χ3n) is 6.06. The molecule has 3 atom stereocenters. The number of hydrogen-bond donors (Lipinski definition) is 0. The van der Waals surface area contributed by atoms with Crippen LogP contribution in [0.4, 0.5) is 8.78 Å². The zero-order valence-corrected chi connectivity index (χ0v) is 17.2. The largest absolute Gasteiger partial charge is 0.498 e. The number of halogens is 3. The number of alkyl halides is 2. The summed E-state index contributed by atoms with van der Waals surface area (Å²) in [5, 5.41) is 0. The third-order valence-corrected chi connectivity index (χ3v) is 6.56. The zero-order chi connectivity index (χ0) is 19.1. The molecule has 2 nitrogen and oxygen atoms in total. The first-order chi connectivity index (χ1) is 12.3. The van der Waals surface area contributed by atoms with E-state index in [-0.39, 0.29) is 23.2 Å². The minimum Gasteiger partial charge on any atom is -0.498 e. The van der Waals surface area contributed by atoms with Gasteiger partial charge in [0.2, 0.25) is 0 Å². The van der Waals surface area contributed by atoms with E-state index in [0.717, 1.165) is 29.5 Å². The molecule has 0 bridgehead atoms. The van der Waals surface area contributed by atoms with Crippen molar-refractivity contribution in [3.63, 3.8) is 0 Å². The highest BCUT2D eigenvalue weighted by Gasteiger charge is 2.53. The van der Waals surface area contributed by atoms with Crippen molar-refractivity contribution in [1.29, 1.82) is 0 Å². The van der Waals surface area contributed by atoms with Crippen molar-refractivity contribution in [2.24, 2.45) is 17.3 Å². The van der Waals surface area contributed by atoms with Gasteiger partial charge in [0.15, 0.2) is 0 Å². The number of benzene rings is 1. The molecular formula is C21H27BrF2O2. The van der Waals surface area contributed by atoms with Gasteiger partial charge in [0, 0.05) is 10.4 Å². The summed E-state index contributed by atoms with van der Waals surface area (Å²) in [5.74, 6) is 0.995. The van der Waals surface area contributed by atoms with Gasteiger partial charge < -0.3 is 9.47 Å². The van der Waals surface area contributed by atoms with Gasteiger partial charge in [-0.25, -0.2) is 0 Å². The molecule has 0 aliphatic heterocycles. The summed E-state index contributed by atoms with van der Waals surface area (Å²) in [6, 6.07) is 6.39. The van der Waals surface area contributed by atoms with Gasteiger partial charge in [0.05, 0.1) is 18.5 Å². The van der Waals surface area contributed by atoms with E-state index < -0.39 is 12.7 Å². The van der Waals surface area contributed by atoms with Crippen LogP contribution in [0.3, 0.4) is 0 Å². The summed E-state index contributed by atoms with van der Waals surface area (Å²) in [6.07, 6.45) is 2.19. The predicted octanol–water partition coefficient (Wildman–Crippen LogP) is 6.30. The Morgan fingerprint density at radius 1 is 1.31 bits per heavy atom. The highest BCUT2D eigenvalue weighted by Crippen LogP contribution is 2.60. The second kappa shape index (κ2) is 7.59. The molecule has 2 aliphatic carbocycles. The maximum atomic E-state index is 12.8. The Morgan fingerprint density at radius 2 is 1.96 bits per heavy atom. The molecule has 5 heteroatoms. The molecule has 0 aromatic heterocycles. The number of allylic oxidation sites excluding steroid dienone is 1. The summed E-state index contributed by atoms with van der Waals surface area (Å²) in [7, 11) is 0. The van der Waals surface area contributed by atoms with Gasteiger partial charge in [-0.3, -0.25) is 0 Å². The lowest BCUT2D eigenvalue weighted by Gasteiger charge is -2.48. The average Bonchev–Trinajstić information content (AvgIpc) is 2.83. The van der Waals surface area contributed by atoms with E-state index in [2.05, 4.69) is 40.7 Å². The quantitative estimate of drug-likeness (QED) is 0.512. The fraction of sp³-hybridized carbons (Fsp3) is 0.619. The normalized spacial score (nSPS) is 33.5. The molecule has 0 amide bonds. The van der Waals surface area contributed by atoms with Crippen LogP contribution >= 0.6 is 15.9 Å². The van der Waals surface area contributed by atoms with Crippen LogP contribution < -0.4 is 0 Å². The molecule has 26 heavy (non-hydrogen) atoms. The van der Waals surface area contributed by atoms with Crippen LogP contribution in [0.15, 0.2) is 35.0 Å². The van der Waals surface area contributed by atoms with Crippen molar-refractivity contribution in [3.8, 4) is 0 Å². The van der Waals surface area contributed by atoms with E-state index in [0.29, 0.717) is 6.61 Å². The van der Waals surface area contributed by atoms with Crippen molar-refractivity contribution in [2.45, 2.75) is 58.7 Å². The van der Waals surface area contributed by atoms with Crippen LogP contribution in [-0.4, -0.2) is 19.3 Å². The van der Waals surface area contributed by atoms with Crippen LogP contribution in [0, 0.1) is 17.3 Å². The minimum absolute atomic E-state index is 0.0454. The van der Waals surface area contributed by atoms with Crippen LogP contribution in [0.1, 0.15) is 50.7 Å². The summed E-state index contributed by atoms with van der Waals surface area (Å²) in [4.78, 5) is 0. The first kappa shape index (κ1) is 19.8. The maximum Gasteiger partial charge on any atom is 0.345 e. The SMILES string of the molecule is C=C(OCC)C1c2cc(Br)ccc2CC12CC(C)C(OC(F)F)C(C)C2. The fourth-order valence-electron chi connectivity index (χ4n) is 5.52. The molecule has 3 unspecified atom stereocenters.